The number of nitrogens with zero attached hydrogens (tertiary/aromatic N) is 3. The van der Waals surface area contributed by atoms with Crippen LogP contribution in [0.15, 0.2) is 76.6 Å². The summed E-state index contributed by atoms with van der Waals surface area (Å²) >= 11 is 14.5. The largest absolute Gasteiger partial charge is 0.418 e. The van der Waals surface area contributed by atoms with Crippen molar-refractivity contribution in [1.29, 1.82) is 0 Å². The van der Waals surface area contributed by atoms with Crippen molar-refractivity contribution in [3.05, 3.63) is 113 Å². The summed E-state index contributed by atoms with van der Waals surface area (Å²) in [5, 5.41) is 12.6. The standard InChI is InChI=1S/C29H17Cl2F3N4O6S2/c30-17-6-3-4-15(22(17)31)20-21-23(26(41)37(25(21)40)13-8-10-14(11-9-13)38(43)44)45-27-24(20)46-28(42)36(27)12-19(39)35-18-7-2-1-5-16(18)29(32,33)34/h1-11,20-21,23H,12H2,(H,35,39)/t20-,21-,23+/m0/s1. The van der Waals surface area contributed by atoms with Crippen molar-refractivity contribution in [2.45, 2.75) is 28.9 Å². The second-order valence-corrected chi connectivity index (χ2v) is 13.1. The van der Waals surface area contributed by atoms with Gasteiger partial charge < -0.3 is 5.32 Å². The van der Waals surface area contributed by atoms with Gasteiger partial charge in [0, 0.05) is 22.9 Å². The van der Waals surface area contributed by atoms with E-state index in [2.05, 4.69) is 5.32 Å². The number of halogens is 5. The number of fused-ring (bicyclic) bond motifs is 2. The molecule has 3 atom stereocenters. The van der Waals surface area contributed by atoms with Crippen molar-refractivity contribution in [3.8, 4) is 0 Å². The van der Waals surface area contributed by atoms with Gasteiger partial charge in [-0.1, -0.05) is 70.6 Å². The Morgan fingerprint density at radius 2 is 1.67 bits per heavy atom. The Morgan fingerprint density at radius 3 is 2.35 bits per heavy atom. The molecule has 0 saturated carbocycles. The van der Waals surface area contributed by atoms with Gasteiger partial charge in [0.1, 0.15) is 11.8 Å². The first-order valence-electron chi connectivity index (χ1n) is 13.2. The van der Waals surface area contributed by atoms with E-state index >= 15 is 0 Å². The molecule has 1 saturated heterocycles. The summed E-state index contributed by atoms with van der Waals surface area (Å²) < 4.78 is 41.6. The fraction of sp³-hybridized carbons (Fsp3) is 0.172. The molecule has 236 valence electrons. The summed E-state index contributed by atoms with van der Waals surface area (Å²) in [5.41, 5.74) is -1.38. The molecule has 2 aliphatic rings. The van der Waals surface area contributed by atoms with Gasteiger partial charge in [-0.25, -0.2) is 4.90 Å². The van der Waals surface area contributed by atoms with Gasteiger partial charge in [-0.05, 0) is 35.9 Å². The zero-order valence-electron chi connectivity index (χ0n) is 22.8. The Hall–Kier alpha value is -4.18. The van der Waals surface area contributed by atoms with Crippen LogP contribution in [0.4, 0.5) is 30.2 Å². The maximum Gasteiger partial charge on any atom is 0.418 e. The van der Waals surface area contributed by atoms with E-state index in [9.17, 15) is 42.5 Å². The average molecular weight is 710 g/mol. The number of para-hydroxylation sites is 1. The normalized spacial score (nSPS) is 19.2. The number of imide groups is 1. The number of alkyl halides is 3. The number of hydrogen-bond donors (Lipinski definition) is 1. The highest BCUT2D eigenvalue weighted by molar-refractivity contribution is 8.00. The summed E-state index contributed by atoms with van der Waals surface area (Å²) in [4.78, 5) is 65.3. The van der Waals surface area contributed by atoms with Crippen LogP contribution in [0.3, 0.4) is 0 Å². The number of nitro benzene ring substituents is 1. The molecule has 1 aromatic heterocycles. The van der Waals surface area contributed by atoms with E-state index < -0.39 is 68.6 Å². The van der Waals surface area contributed by atoms with Gasteiger partial charge in [0.2, 0.25) is 17.7 Å². The number of carbonyl (C=O) groups is 3. The molecular weight excluding hydrogens is 692 g/mol. The molecule has 0 bridgehead atoms. The van der Waals surface area contributed by atoms with Crippen LogP contribution in [0.2, 0.25) is 10.0 Å². The maximum atomic E-state index is 14.0. The van der Waals surface area contributed by atoms with Gasteiger partial charge in [0.05, 0.1) is 42.9 Å². The molecule has 17 heteroatoms. The van der Waals surface area contributed by atoms with Crippen LogP contribution in [0.25, 0.3) is 0 Å². The van der Waals surface area contributed by atoms with E-state index in [0.29, 0.717) is 21.8 Å². The fourth-order valence-electron chi connectivity index (χ4n) is 5.50. The predicted molar refractivity (Wildman–Crippen MR) is 166 cm³/mol. The first-order chi connectivity index (χ1) is 21.8. The summed E-state index contributed by atoms with van der Waals surface area (Å²) in [7, 11) is 0. The van der Waals surface area contributed by atoms with Crippen molar-refractivity contribution in [3.63, 3.8) is 0 Å². The number of benzene rings is 3. The number of rotatable bonds is 6. The lowest BCUT2D eigenvalue weighted by Gasteiger charge is -2.31. The summed E-state index contributed by atoms with van der Waals surface area (Å²) in [6.07, 6.45) is -4.75. The lowest BCUT2D eigenvalue weighted by Crippen LogP contribution is -2.33. The van der Waals surface area contributed by atoms with Crippen LogP contribution in [0, 0.1) is 16.0 Å². The number of carbonyl (C=O) groups excluding carboxylic acids is 3. The van der Waals surface area contributed by atoms with Crippen molar-refractivity contribution >= 4 is 81.1 Å². The van der Waals surface area contributed by atoms with Crippen molar-refractivity contribution in [2.24, 2.45) is 5.92 Å². The molecular formula is C29H17Cl2F3N4O6S2. The molecule has 2 aliphatic heterocycles. The minimum absolute atomic E-state index is 0.0775. The lowest BCUT2D eigenvalue weighted by atomic mass is 9.83. The molecule has 3 amide bonds. The highest BCUT2D eigenvalue weighted by atomic mass is 35.5. The first kappa shape index (κ1) is 31.8. The van der Waals surface area contributed by atoms with Crippen LogP contribution < -0.4 is 15.1 Å². The molecule has 0 aliphatic carbocycles. The molecule has 3 heterocycles. The van der Waals surface area contributed by atoms with Gasteiger partial charge in [-0.15, -0.1) is 0 Å². The number of non-ortho nitro benzene ring substituents is 1. The number of anilines is 2. The number of nitrogens with one attached hydrogen (secondary N) is 1. The number of hydrogen-bond acceptors (Lipinski definition) is 8. The maximum absolute atomic E-state index is 14.0. The number of thioether (sulfide) groups is 1. The second-order valence-electron chi connectivity index (χ2n) is 10.2. The minimum atomic E-state index is -4.75. The van der Waals surface area contributed by atoms with E-state index in [0.717, 1.165) is 45.5 Å². The number of amides is 3. The average Bonchev–Trinajstić information content (AvgIpc) is 3.44. The predicted octanol–water partition coefficient (Wildman–Crippen LogP) is 6.58. The molecule has 0 spiro atoms. The Balaban J connectivity index is 1.41. The van der Waals surface area contributed by atoms with Crippen molar-refractivity contribution < 1.29 is 32.5 Å². The van der Waals surface area contributed by atoms with Crippen LogP contribution >= 0.6 is 46.3 Å². The zero-order valence-corrected chi connectivity index (χ0v) is 25.9. The third-order valence-corrected chi connectivity index (χ3v) is 10.9. The first-order valence-corrected chi connectivity index (χ1v) is 15.7. The van der Waals surface area contributed by atoms with Gasteiger partial charge in [-0.2, -0.15) is 13.2 Å². The summed E-state index contributed by atoms with van der Waals surface area (Å²) in [6.45, 7) is -0.689. The molecule has 0 unspecified atom stereocenters. The highest BCUT2D eigenvalue weighted by Crippen LogP contribution is 2.55. The molecule has 1 fully saturated rings. The monoisotopic (exact) mass is 708 g/mol. The molecule has 1 N–H and O–H groups in total. The highest BCUT2D eigenvalue weighted by Gasteiger charge is 2.57. The fourth-order valence-corrected chi connectivity index (χ4v) is 8.69. The number of nitro groups is 1. The van der Waals surface area contributed by atoms with Crippen LogP contribution in [-0.4, -0.2) is 32.5 Å². The third-order valence-electron chi connectivity index (χ3n) is 7.49. The topological polar surface area (TPSA) is 132 Å². The second kappa shape index (κ2) is 11.9. The van der Waals surface area contributed by atoms with Gasteiger partial charge >= 0.3 is 11.0 Å². The van der Waals surface area contributed by atoms with Gasteiger partial charge in [0.15, 0.2) is 0 Å². The molecule has 46 heavy (non-hydrogen) atoms. The van der Waals surface area contributed by atoms with Crippen molar-refractivity contribution in [1.82, 2.24) is 4.57 Å². The smallest absolute Gasteiger partial charge is 0.324 e. The zero-order chi connectivity index (χ0) is 33.1. The van der Waals surface area contributed by atoms with Gasteiger partial charge in [-0.3, -0.25) is 33.9 Å². The summed E-state index contributed by atoms with van der Waals surface area (Å²) in [6, 6.07) is 13.9. The minimum Gasteiger partial charge on any atom is -0.324 e. The quantitative estimate of drug-likeness (QED) is 0.136. The van der Waals surface area contributed by atoms with E-state index in [-0.39, 0.29) is 26.4 Å². The van der Waals surface area contributed by atoms with E-state index in [1.54, 1.807) is 12.1 Å². The van der Waals surface area contributed by atoms with E-state index in [1.807, 2.05) is 0 Å². The van der Waals surface area contributed by atoms with Crippen LogP contribution in [-0.2, 0) is 27.1 Å². The Labute approximate surface area is 274 Å². The molecule has 10 nitrogen and oxygen atoms in total. The van der Waals surface area contributed by atoms with Gasteiger partial charge in [0.25, 0.3) is 5.69 Å². The lowest BCUT2D eigenvalue weighted by molar-refractivity contribution is -0.384. The van der Waals surface area contributed by atoms with Crippen LogP contribution in [0.5, 0.6) is 0 Å². The Kier molecular flexibility index (Phi) is 8.21. The molecule has 3 aromatic carbocycles. The Bertz CT molecular complexity index is 2000. The Morgan fingerprint density at radius 1 is 0.978 bits per heavy atom. The van der Waals surface area contributed by atoms with E-state index in [1.165, 1.54) is 30.3 Å². The molecule has 0 radical (unpaired) electrons. The number of thiazole rings is 1. The van der Waals surface area contributed by atoms with Crippen molar-refractivity contribution in [2.75, 3.05) is 10.2 Å². The van der Waals surface area contributed by atoms with E-state index in [4.69, 9.17) is 23.2 Å². The van der Waals surface area contributed by atoms with Crippen LogP contribution in [0.1, 0.15) is 21.9 Å². The molecule has 6 rings (SSSR count). The number of aromatic nitrogens is 1. The SMILES string of the molecule is O=C(Cn1c2c(sc1=O)[C@@H](c1cccc(Cl)c1Cl)[C@@H]1C(=O)N(c3ccc([N+](=O)[O-])cc3)C(=O)[C@@H]1S2)Nc1ccccc1C(F)(F)F. The third kappa shape index (κ3) is 5.46. The molecule has 4 aromatic rings. The summed E-state index contributed by atoms with van der Waals surface area (Å²) in [5.74, 6) is -4.30.